The molecule has 1 saturated heterocycles. The van der Waals surface area contributed by atoms with Crippen molar-refractivity contribution in [2.75, 3.05) is 19.6 Å². The molecular formula is C14H22N2O2. The van der Waals surface area contributed by atoms with Crippen LogP contribution in [-0.4, -0.2) is 36.5 Å². The Hall–Kier alpha value is -1.29. The maximum Gasteiger partial charge on any atom is 0.257 e. The molecule has 4 nitrogen and oxygen atoms in total. The van der Waals surface area contributed by atoms with Crippen LogP contribution >= 0.6 is 0 Å². The Labute approximate surface area is 108 Å². The fraction of sp³-hybridized carbons (Fsp3) is 0.643. The third-order valence-electron chi connectivity index (χ3n) is 3.47. The minimum atomic E-state index is 0.0943. The average molecular weight is 250 g/mol. The van der Waals surface area contributed by atoms with E-state index in [-0.39, 0.29) is 5.91 Å². The van der Waals surface area contributed by atoms with Gasteiger partial charge in [0.1, 0.15) is 5.76 Å². The molecule has 1 unspecified atom stereocenters. The zero-order valence-electron chi connectivity index (χ0n) is 11.2. The molecule has 0 radical (unpaired) electrons. The molecule has 100 valence electrons. The van der Waals surface area contributed by atoms with E-state index in [2.05, 4.69) is 12.2 Å². The largest absolute Gasteiger partial charge is 0.469 e. The Morgan fingerprint density at radius 2 is 2.44 bits per heavy atom. The summed E-state index contributed by atoms with van der Waals surface area (Å²) >= 11 is 0. The van der Waals surface area contributed by atoms with Gasteiger partial charge in [0.15, 0.2) is 0 Å². The highest BCUT2D eigenvalue weighted by Gasteiger charge is 2.23. The molecule has 1 amide bonds. The normalized spacial score (nSPS) is 19.1. The number of nitrogens with zero attached hydrogens (tertiary/aromatic N) is 1. The zero-order valence-corrected chi connectivity index (χ0v) is 11.2. The molecule has 18 heavy (non-hydrogen) atoms. The number of aryl methyl sites for hydroxylation is 1. The van der Waals surface area contributed by atoms with E-state index in [0.717, 1.165) is 32.5 Å². The lowest BCUT2D eigenvalue weighted by Gasteiger charge is -2.25. The number of rotatable bonds is 5. The molecule has 0 saturated carbocycles. The van der Waals surface area contributed by atoms with Gasteiger partial charge in [0.2, 0.25) is 0 Å². The van der Waals surface area contributed by atoms with E-state index >= 15 is 0 Å². The van der Waals surface area contributed by atoms with Crippen LogP contribution in [0.1, 0.15) is 42.3 Å². The Balaban J connectivity index is 2.04. The van der Waals surface area contributed by atoms with E-state index in [9.17, 15) is 4.79 Å². The van der Waals surface area contributed by atoms with Gasteiger partial charge >= 0.3 is 0 Å². The summed E-state index contributed by atoms with van der Waals surface area (Å²) in [4.78, 5) is 14.4. The molecule has 1 aromatic rings. The lowest BCUT2D eigenvalue weighted by molar-refractivity contribution is 0.0740. The summed E-state index contributed by atoms with van der Waals surface area (Å²) in [7, 11) is 0. The van der Waals surface area contributed by atoms with Gasteiger partial charge in [-0.3, -0.25) is 4.79 Å². The molecule has 1 N–H and O–H groups in total. The molecule has 2 rings (SSSR count). The van der Waals surface area contributed by atoms with Gasteiger partial charge in [-0.15, -0.1) is 0 Å². The van der Waals surface area contributed by atoms with Crippen LogP contribution in [0, 0.1) is 6.92 Å². The second-order valence-electron chi connectivity index (χ2n) is 4.93. The van der Waals surface area contributed by atoms with Crippen LogP contribution in [0.3, 0.4) is 0 Å². The Morgan fingerprint density at radius 3 is 3.00 bits per heavy atom. The van der Waals surface area contributed by atoms with Crippen molar-refractivity contribution in [2.45, 2.75) is 39.2 Å². The van der Waals surface area contributed by atoms with Crippen molar-refractivity contribution < 1.29 is 9.21 Å². The van der Waals surface area contributed by atoms with Gasteiger partial charge in [-0.25, -0.2) is 0 Å². The summed E-state index contributed by atoms with van der Waals surface area (Å²) in [5.41, 5.74) is 0.696. The van der Waals surface area contributed by atoms with Crippen molar-refractivity contribution >= 4 is 5.91 Å². The Bertz CT molecular complexity index is 394. The number of amides is 1. The van der Waals surface area contributed by atoms with Gasteiger partial charge in [0, 0.05) is 19.1 Å². The molecule has 1 fully saturated rings. The maximum atomic E-state index is 12.4. The van der Waals surface area contributed by atoms with Crippen LogP contribution in [0.25, 0.3) is 0 Å². The Morgan fingerprint density at radius 1 is 1.61 bits per heavy atom. The van der Waals surface area contributed by atoms with E-state index in [1.165, 1.54) is 6.42 Å². The topological polar surface area (TPSA) is 45.5 Å². The first-order chi connectivity index (χ1) is 8.72. The van der Waals surface area contributed by atoms with E-state index in [1.807, 2.05) is 11.8 Å². The third-order valence-corrected chi connectivity index (χ3v) is 3.47. The monoisotopic (exact) mass is 250 g/mol. The van der Waals surface area contributed by atoms with Crippen LogP contribution < -0.4 is 5.32 Å². The van der Waals surface area contributed by atoms with Crippen LogP contribution in [0.5, 0.6) is 0 Å². The van der Waals surface area contributed by atoms with Crippen molar-refractivity contribution in [3.05, 3.63) is 23.7 Å². The maximum absolute atomic E-state index is 12.4. The fourth-order valence-corrected chi connectivity index (χ4v) is 2.50. The zero-order chi connectivity index (χ0) is 13.0. The third kappa shape index (κ3) is 2.93. The molecule has 2 heterocycles. The fourth-order valence-electron chi connectivity index (χ4n) is 2.50. The van der Waals surface area contributed by atoms with Gasteiger partial charge in [-0.2, -0.15) is 0 Å². The lowest BCUT2D eigenvalue weighted by atomic mass is 10.1. The number of hydrogen-bond acceptors (Lipinski definition) is 3. The van der Waals surface area contributed by atoms with Crippen LogP contribution in [-0.2, 0) is 0 Å². The molecule has 1 aliphatic rings. The van der Waals surface area contributed by atoms with Gasteiger partial charge in [0.05, 0.1) is 11.8 Å². The molecule has 1 aliphatic heterocycles. The van der Waals surface area contributed by atoms with Gasteiger partial charge in [0.25, 0.3) is 5.91 Å². The summed E-state index contributed by atoms with van der Waals surface area (Å²) < 4.78 is 5.22. The van der Waals surface area contributed by atoms with Crippen molar-refractivity contribution in [3.63, 3.8) is 0 Å². The van der Waals surface area contributed by atoms with Crippen molar-refractivity contribution in [2.24, 2.45) is 0 Å². The quantitative estimate of drug-likeness (QED) is 0.871. The number of carbonyl (C=O) groups excluding carboxylic acids is 1. The SMILES string of the molecule is CCCN(CC1CCCN1)C(=O)c1ccoc1C. The van der Waals surface area contributed by atoms with Crippen LogP contribution in [0.4, 0.5) is 0 Å². The highest BCUT2D eigenvalue weighted by Crippen LogP contribution is 2.14. The molecule has 0 bridgehead atoms. The minimum Gasteiger partial charge on any atom is -0.469 e. The number of carbonyl (C=O) groups is 1. The molecule has 0 aliphatic carbocycles. The molecular weight excluding hydrogens is 228 g/mol. The van der Waals surface area contributed by atoms with E-state index in [0.29, 0.717) is 17.4 Å². The summed E-state index contributed by atoms with van der Waals surface area (Å²) in [6.45, 7) is 6.62. The second kappa shape index (κ2) is 6.05. The average Bonchev–Trinajstić information content (AvgIpc) is 2.99. The predicted molar refractivity (Wildman–Crippen MR) is 70.7 cm³/mol. The summed E-state index contributed by atoms with van der Waals surface area (Å²) in [6.07, 6.45) is 4.94. The molecule has 0 spiro atoms. The molecule has 1 atom stereocenters. The van der Waals surface area contributed by atoms with Crippen LogP contribution in [0.15, 0.2) is 16.7 Å². The summed E-state index contributed by atoms with van der Waals surface area (Å²) in [5, 5.41) is 3.44. The number of furan rings is 1. The van der Waals surface area contributed by atoms with E-state index < -0.39 is 0 Å². The lowest BCUT2D eigenvalue weighted by Crippen LogP contribution is -2.41. The van der Waals surface area contributed by atoms with Crippen LogP contribution in [0.2, 0.25) is 0 Å². The standard InChI is InChI=1S/C14H22N2O2/c1-3-8-16(10-12-5-4-7-15-12)14(17)13-6-9-18-11(13)2/h6,9,12,15H,3-5,7-8,10H2,1-2H3. The van der Waals surface area contributed by atoms with E-state index in [4.69, 9.17) is 4.42 Å². The minimum absolute atomic E-state index is 0.0943. The van der Waals surface area contributed by atoms with E-state index in [1.54, 1.807) is 12.3 Å². The number of nitrogens with one attached hydrogen (secondary N) is 1. The molecule has 1 aromatic heterocycles. The smallest absolute Gasteiger partial charge is 0.257 e. The van der Waals surface area contributed by atoms with Crippen molar-refractivity contribution in [3.8, 4) is 0 Å². The number of hydrogen-bond donors (Lipinski definition) is 1. The predicted octanol–water partition coefficient (Wildman–Crippen LogP) is 2.19. The van der Waals surface area contributed by atoms with Gasteiger partial charge in [-0.05, 0) is 38.8 Å². The van der Waals surface area contributed by atoms with Gasteiger partial charge in [-0.1, -0.05) is 6.92 Å². The highest BCUT2D eigenvalue weighted by molar-refractivity contribution is 5.95. The van der Waals surface area contributed by atoms with Crippen molar-refractivity contribution in [1.29, 1.82) is 0 Å². The summed E-state index contributed by atoms with van der Waals surface area (Å²) in [5.74, 6) is 0.803. The van der Waals surface area contributed by atoms with Crippen molar-refractivity contribution in [1.82, 2.24) is 10.2 Å². The molecule has 0 aromatic carbocycles. The first-order valence-electron chi connectivity index (χ1n) is 6.79. The second-order valence-corrected chi connectivity index (χ2v) is 4.93. The summed E-state index contributed by atoms with van der Waals surface area (Å²) in [6, 6.07) is 2.22. The molecule has 4 heteroatoms. The van der Waals surface area contributed by atoms with Gasteiger partial charge < -0.3 is 14.6 Å². The highest BCUT2D eigenvalue weighted by atomic mass is 16.3. The first-order valence-corrected chi connectivity index (χ1v) is 6.79. The first kappa shape index (κ1) is 13.1. The Kier molecular flexibility index (Phi) is 4.42.